The second-order valence-corrected chi connectivity index (χ2v) is 10.2. The average Bonchev–Trinajstić information content (AvgIpc) is 2.93. The summed E-state index contributed by atoms with van der Waals surface area (Å²) < 4.78 is 52.7. The minimum absolute atomic E-state index is 0.0240. The molecule has 3 rings (SSSR count). The van der Waals surface area contributed by atoms with Crippen molar-refractivity contribution in [2.75, 3.05) is 15.8 Å². The van der Waals surface area contributed by atoms with Crippen molar-refractivity contribution in [1.29, 1.82) is 0 Å². The highest BCUT2D eigenvalue weighted by atomic mass is 32.2. The van der Waals surface area contributed by atoms with E-state index in [0.717, 1.165) is 0 Å². The number of fused-ring (bicyclic) bond motifs is 1. The Kier molecular flexibility index (Phi) is 6.13. The Morgan fingerprint density at radius 2 is 1.73 bits per heavy atom. The van der Waals surface area contributed by atoms with Gasteiger partial charge in [0.15, 0.2) is 0 Å². The fourth-order valence-electron chi connectivity index (χ4n) is 2.85. The minimum atomic E-state index is -3.68. The summed E-state index contributed by atoms with van der Waals surface area (Å²) in [6, 6.07) is 11.7. The third kappa shape index (κ3) is 4.97. The van der Waals surface area contributed by atoms with Crippen LogP contribution in [0.25, 0.3) is 0 Å². The molecular formula is C19H22N4O5S2. The van der Waals surface area contributed by atoms with E-state index in [2.05, 4.69) is 19.8 Å². The Morgan fingerprint density at radius 1 is 1.10 bits per heavy atom. The van der Waals surface area contributed by atoms with Crippen LogP contribution in [0.4, 0.5) is 11.4 Å². The van der Waals surface area contributed by atoms with Gasteiger partial charge in [0.2, 0.25) is 15.9 Å². The lowest BCUT2D eigenvalue weighted by Gasteiger charge is -2.11. The number of rotatable bonds is 7. The first-order chi connectivity index (χ1) is 14.1. The maximum Gasteiger partial charge on any atom is 0.263 e. The smallest absolute Gasteiger partial charge is 0.263 e. The Balaban J connectivity index is 1.69. The predicted molar refractivity (Wildman–Crippen MR) is 116 cm³/mol. The first-order valence-corrected chi connectivity index (χ1v) is 12.4. The van der Waals surface area contributed by atoms with E-state index >= 15 is 0 Å². The Bertz CT molecular complexity index is 1190. The number of sulfonamides is 2. The topological polar surface area (TPSA) is 134 Å². The molecule has 0 saturated carbocycles. The van der Waals surface area contributed by atoms with E-state index in [4.69, 9.17) is 0 Å². The van der Waals surface area contributed by atoms with Gasteiger partial charge >= 0.3 is 0 Å². The number of hydrogen-bond acceptors (Lipinski definition) is 6. The number of nitrogens with one attached hydrogen (secondary N) is 3. The first-order valence-electron chi connectivity index (χ1n) is 9.23. The molecule has 2 aromatic carbocycles. The van der Waals surface area contributed by atoms with Crippen molar-refractivity contribution in [1.82, 2.24) is 4.72 Å². The van der Waals surface area contributed by atoms with Gasteiger partial charge in [-0.25, -0.2) is 16.8 Å². The zero-order chi connectivity index (χ0) is 21.9. The Labute approximate surface area is 175 Å². The molecule has 0 radical (unpaired) electrons. The van der Waals surface area contributed by atoms with Crippen LogP contribution in [0.5, 0.6) is 0 Å². The van der Waals surface area contributed by atoms with Crippen LogP contribution in [0.1, 0.15) is 25.8 Å². The van der Waals surface area contributed by atoms with E-state index in [1.54, 1.807) is 56.3 Å². The fraction of sp³-hybridized carbons (Fsp3) is 0.263. The van der Waals surface area contributed by atoms with E-state index in [9.17, 15) is 21.6 Å². The van der Waals surface area contributed by atoms with Crippen molar-refractivity contribution in [3.8, 4) is 0 Å². The molecular weight excluding hydrogens is 428 g/mol. The van der Waals surface area contributed by atoms with Crippen LogP contribution < -0.4 is 14.8 Å². The third-order valence-corrected chi connectivity index (χ3v) is 7.15. The number of carbonyl (C=O) groups is 1. The van der Waals surface area contributed by atoms with Crippen LogP contribution in [0.15, 0.2) is 58.4 Å². The standard InChI is InChI=1S/C19H22N4O5S2/c1-3-12-29(25,26)22-15-10-8-14(9-11-15)21-19(24)13(2)20-18-16-6-4-5-7-17(16)30(27,28)23-18/h4-11,13,22H,3,12H2,1-2H3,(H,20,23)(H,21,24)/t13-/m0/s1. The van der Waals surface area contributed by atoms with E-state index < -0.39 is 32.0 Å². The van der Waals surface area contributed by atoms with Gasteiger partial charge in [0.1, 0.15) is 11.9 Å². The van der Waals surface area contributed by atoms with Crippen LogP contribution >= 0.6 is 0 Å². The highest BCUT2D eigenvalue weighted by Gasteiger charge is 2.31. The number of anilines is 2. The van der Waals surface area contributed by atoms with Crippen molar-refractivity contribution in [3.05, 3.63) is 54.1 Å². The number of carbonyl (C=O) groups excluding carboxylic acids is 1. The van der Waals surface area contributed by atoms with Gasteiger partial charge < -0.3 is 5.32 Å². The zero-order valence-electron chi connectivity index (χ0n) is 16.4. The summed E-state index contributed by atoms with van der Waals surface area (Å²) in [7, 11) is -7.07. The number of nitrogens with zero attached hydrogens (tertiary/aromatic N) is 1. The van der Waals surface area contributed by atoms with Crippen LogP contribution in [-0.4, -0.2) is 40.4 Å². The normalized spacial score (nSPS) is 17.1. The van der Waals surface area contributed by atoms with Gasteiger partial charge in [-0.2, -0.15) is 0 Å². The summed E-state index contributed by atoms with van der Waals surface area (Å²) in [4.78, 5) is 16.8. The molecule has 0 aromatic heterocycles. The van der Waals surface area contributed by atoms with Gasteiger partial charge in [0, 0.05) is 16.9 Å². The maximum absolute atomic E-state index is 12.5. The molecule has 30 heavy (non-hydrogen) atoms. The highest BCUT2D eigenvalue weighted by Crippen LogP contribution is 2.23. The summed E-state index contributed by atoms with van der Waals surface area (Å²) in [5.41, 5.74) is 1.27. The monoisotopic (exact) mass is 450 g/mol. The summed E-state index contributed by atoms with van der Waals surface area (Å²) in [6.07, 6.45) is 0.504. The minimum Gasteiger partial charge on any atom is -0.324 e. The summed E-state index contributed by atoms with van der Waals surface area (Å²) in [6.45, 7) is 3.32. The molecule has 0 spiro atoms. The van der Waals surface area contributed by atoms with Crippen molar-refractivity contribution >= 4 is 43.2 Å². The third-order valence-electron chi connectivity index (χ3n) is 4.26. The lowest BCUT2D eigenvalue weighted by atomic mass is 10.2. The van der Waals surface area contributed by atoms with Crippen LogP contribution in [0.3, 0.4) is 0 Å². The summed E-state index contributed by atoms with van der Waals surface area (Å²) in [5, 5.41) is 2.68. The van der Waals surface area contributed by atoms with Gasteiger partial charge in [-0.3, -0.25) is 19.2 Å². The molecule has 1 aliphatic rings. The second-order valence-electron chi connectivity index (χ2n) is 6.74. The largest absolute Gasteiger partial charge is 0.324 e. The molecule has 1 amide bonds. The number of amidine groups is 1. The van der Waals surface area contributed by atoms with Crippen molar-refractivity contribution in [2.24, 2.45) is 4.99 Å². The van der Waals surface area contributed by atoms with E-state index in [-0.39, 0.29) is 16.5 Å². The van der Waals surface area contributed by atoms with Crippen molar-refractivity contribution < 1.29 is 21.6 Å². The van der Waals surface area contributed by atoms with Gasteiger partial charge in [0.25, 0.3) is 10.0 Å². The molecule has 0 bridgehead atoms. The molecule has 3 N–H and O–H groups in total. The molecule has 0 aliphatic carbocycles. The molecule has 0 saturated heterocycles. The molecule has 1 heterocycles. The quantitative estimate of drug-likeness (QED) is 0.592. The number of aliphatic imine (C=N–C) groups is 1. The molecule has 1 atom stereocenters. The van der Waals surface area contributed by atoms with Crippen LogP contribution in [0.2, 0.25) is 0 Å². The predicted octanol–water partition coefficient (Wildman–Crippen LogP) is 1.90. The lowest BCUT2D eigenvalue weighted by molar-refractivity contribution is -0.117. The summed E-state index contributed by atoms with van der Waals surface area (Å²) in [5.74, 6) is -0.296. The van der Waals surface area contributed by atoms with Crippen LogP contribution in [-0.2, 0) is 24.8 Å². The number of hydrogen-bond donors (Lipinski definition) is 3. The fourth-order valence-corrected chi connectivity index (χ4v) is 5.22. The summed E-state index contributed by atoms with van der Waals surface area (Å²) >= 11 is 0. The Hall–Kier alpha value is -2.92. The SMILES string of the molecule is CCCS(=O)(=O)Nc1ccc(NC(=O)[C@H](C)N=C2NS(=O)(=O)c3ccccc32)cc1. The second kappa shape index (κ2) is 8.44. The van der Waals surface area contributed by atoms with Crippen LogP contribution in [0, 0.1) is 0 Å². The Morgan fingerprint density at radius 3 is 2.40 bits per heavy atom. The zero-order valence-corrected chi connectivity index (χ0v) is 18.0. The van der Waals surface area contributed by atoms with Crippen molar-refractivity contribution in [2.45, 2.75) is 31.2 Å². The molecule has 9 nitrogen and oxygen atoms in total. The van der Waals surface area contributed by atoms with Crippen molar-refractivity contribution in [3.63, 3.8) is 0 Å². The van der Waals surface area contributed by atoms with Gasteiger partial charge in [0.05, 0.1) is 10.6 Å². The van der Waals surface area contributed by atoms with Gasteiger partial charge in [-0.15, -0.1) is 0 Å². The molecule has 2 aromatic rings. The van der Waals surface area contributed by atoms with Gasteiger partial charge in [-0.05, 0) is 49.7 Å². The van der Waals surface area contributed by atoms with Gasteiger partial charge in [-0.1, -0.05) is 19.1 Å². The molecule has 0 fully saturated rings. The maximum atomic E-state index is 12.5. The highest BCUT2D eigenvalue weighted by molar-refractivity contribution is 7.92. The molecule has 160 valence electrons. The average molecular weight is 451 g/mol. The molecule has 1 aliphatic heterocycles. The number of benzene rings is 2. The first kappa shape index (κ1) is 21.8. The van der Waals surface area contributed by atoms with E-state index in [1.807, 2.05) is 0 Å². The lowest BCUT2D eigenvalue weighted by Crippen LogP contribution is -2.28. The van der Waals surface area contributed by atoms with E-state index in [0.29, 0.717) is 23.4 Å². The van der Waals surface area contributed by atoms with E-state index in [1.165, 1.54) is 6.07 Å². The number of amides is 1. The molecule has 11 heteroatoms. The molecule has 0 unspecified atom stereocenters.